The van der Waals surface area contributed by atoms with Gasteiger partial charge in [0.2, 0.25) is 0 Å². The summed E-state index contributed by atoms with van der Waals surface area (Å²) in [5, 5.41) is 15.0. The number of carboxylic acid groups (broad SMARTS) is 1. The van der Waals surface area contributed by atoms with Crippen molar-refractivity contribution in [3.05, 3.63) is 35.2 Å². The summed E-state index contributed by atoms with van der Waals surface area (Å²) in [6.45, 7) is 1.44. The third-order valence-corrected chi connectivity index (χ3v) is 2.11. The first-order valence-corrected chi connectivity index (χ1v) is 4.52. The molecule has 1 aromatic heterocycles. The molecule has 0 aliphatic rings. The van der Waals surface area contributed by atoms with E-state index in [0.29, 0.717) is 0 Å². The van der Waals surface area contributed by atoms with E-state index in [2.05, 4.69) is 14.6 Å². The smallest absolute Gasteiger partial charge is 0.393 e. The Morgan fingerprint density at radius 1 is 1.35 bits per heavy atom. The first-order chi connectivity index (χ1) is 8.00. The minimum atomic E-state index is -1.46. The molecule has 0 aliphatic heterocycles. The Hall–Kier alpha value is -2.31. The minimum absolute atomic E-state index is 0.191. The van der Waals surface area contributed by atoms with E-state index in [1.807, 2.05) is 0 Å². The molecule has 2 aromatic rings. The molecule has 0 radical (unpaired) electrons. The number of aromatic carboxylic acids is 1. The van der Waals surface area contributed by atoms with Crippen LogP contribution >= 0.6 is 0 Å². The summed E-state index contributed by atoms with van der Waals surface area (Å²) in [5.41, 5.74) is -0.332. The maximum atomic E-state index is 13.6. The Balaban J connectivity index is 2.60. The zero-order valence-corrected chi connectivity index (χ0v) is 8.57. The fourth-order valence-electron chi connectivity index (χ4n) is 1.26. The average molecular weight is 240 g/mol. The number of carbonyl (C=O) groups is 1. The third-order valence-electron chi connectivity index (χ3n) is 2.11. The number of carboxylic acids is 1. The molecule has 5 nitrogen and oxygen atoms in total. The first-order valence-electron chi connectivity index (χ1n) is 4.52. The van der Waals surface area contributed by atoms with E-state index in [-0.39, 0.29) is 5.56 Å². The fraction of sp³-hybridized carbons (Fsp3) is 0.100. The van der Waals surface area contributed by atoms with Crippen molar-refractivity contribution in [2.24, 2.45) is 0 Å². The summed E-state index contributed by atoms with van der Waals surface area (Å²) in [6.07, 6.45) is 0. The van der Waals surface area contributed by atoms with E-state index in [0.717, 1.165) is 6.07 Å². The van der Waals surface area contributed by atoms with Crippen LogP contribution in [0.5, 0.6) is 0 Å². The van der Waals surface area contributed by atoms with E-state index in [9.17, 15) is 13.6 Å². The van der Waals surface area contributed by atoms with Gasteiger partial charge in [0.25, 0.3) is 5.89 Å². The number of aromatic nitrogens is 2. The largest absolute Gasteiger partial charge is 0.474 e. The van der Waals surface area contributed by atoms with Crippen LogP contribution in [0.2, 0.25) is 0 Å². The highest BCUT2D eigenvalue weighted by atomic mass is 19.1. The number of halogens is 2. The van der Waals surface area contributed by atoms with Gasteiger partial charge in [-0.25, -0.2) is 13.6 Å². The van der Waals surface area contributed by atoms with Crippen LogP contribution in [0.15, 0.2) is 16.5 Å². The number of aryl methyl sites for hydroxylation is 1. The molecule has 1 N–H and O–H groups in total. The number of hydrogen-bond acceptors (Lipinski definition) is 4. The van der Waals surface area contributed by atoms with Crippen molar-refractivity contribution in [2.75, 3.05) is 0 Å². The Morgan fingerprint density at radius 2 is 2.06 bits per heavy atom. The number of benzene rings is 1. The van der Waals surface area contributed by atoms with Crippen molar-refractivity contribution in [3.8, 4) is 11.5 Å². The van der Waals surface area contributed by atoms with Gasteiger partial charge in [-0.1, -0.05) is 6.07 Å². The van der Waals surface area contributed by atoms with Gasteiger partial charge in [-0.05, 0) is 18.6 Å². The second-order valence-corrected chi connectivity index (χ2v) is 3.27. The molecule has 17 heavy (non-hydrogen) atoms. The molecule has 0 saturated heterocycles. The van der Waals surface area contributed by atoms with Crippen LogP contribution in [0.3, 0.4) is 0 Å². The summed E-state index contributed by atoms with van der Waals surface area (Å²) in [4.78, 5) is 10.5. The van der Waals surface area contributed by atoms with Crippen molar-refractivity contribution in [3.63, 3.8) is 0 Å². The van der Waals surface area contributed by atoms with Gasteiger partial charge >= 0.3 is 11.9 Å². The Kier molecular flexibility index (Phi) is 2.58. The highest BCUT2D eigenvalue weighted by Gasteiger charge is 2.21. The highest BCUT2D eigenvalue weighted by Crippen LogP contribution is 2.26. The second-order valence-electron chi connectivity index (χ2n) is 3.27. The molecule has 0 unspecified atom stereocenters. The maximum Gasteiger partial charge on any atom is 0.393 e. The topological polar surface area (TPSA) is 76.2 Å². The van der Waals surface area contributed by atoms with Gasteiger partial charge in [-0.15, -0.1) is 10.2 Å². The lowest BCUT2D eigenvalue weighted by atomic mass is 10.1. The van der Waals surface area contributed by atoms with E-state index >= 15 is 0 Å². The van der Waals surface area contributed by atoms with Gasteiger partial charge in [0.15, 0.2) is 0 Å². The number of nitrogens with zero attached hydrogens (tertiary/aromatic N) is 2. The fourth-order valence-corrected chi connectivity index (χ4v) is 1.26. The molecule has 1 heterocycles. The van der Waals surface area contributed by atoms with E-state index in [1.54, 1.807) is 0 Å². The Labute approximate surface area is 93.7 Å². The molecule has 2 rings (SSSR count). The molecule has 0 bridgehead atoms. The molecule has 0 aliphatic carbocycles. The summed E-state index contributed by atoms with van der Waals surface area (Å²) in [5.74, 6) is -4.43. The maximum absolute atomic E-state index is 13.6. The lowest BCUT2D eigenvalue weighted by Gasteiger charge is -2.02. The van der Waals surface area contributed by atoms with Crippen LogP contribution in [-0.2, 0) is 0 Å². The van der Waals surface area contributed by atoms with Crippen LogP contribution in [0, 0.1) is 18.6 Å². The minimum Gasteiger partial charge on any atom is -0.474 e. The van der Waals surface area contributed by atoms with Crippen LogP contribution in [0.1, 0.15) is 16.2 Å². The molecule has 0 spiro atoms. The first kappa shape index (κ1) is 11.2. The SMILES string of the molecule is Cc1ccc(F)c(-c2nnc(C(=O)O)o2)c1F. The predicted octanol–water partition coefficient (Wildman–Crippen LogP) is 2.02. The quantitative estimate of drug-likeness (QED) is 0.868. The third kappa shape index (κ3) is 1.86. The Bertz CT molecular complexity index is 595. The van der Waals surface area contributed by atoms with Crippen molar-refractivity contribution in [1.29, 1.82) is 0 Å². The normalized spacial score (nSPS) is 10.5. The molecular weight excluding hydrogens is 234 g/mol. The van der Waals surface area contributed by atoms with Gasteiger partial charge in [-0.2, -0.15) is 0 Å². The van der Waals surface area contributed by atoms with E-state index < -0.39 is 34.9 Å². The number of hydrogen-bond donors (Lipinski definition) is 1. The van der Waals surface area contributed by atoms with Crippen molar-refractivity contribution >= 4 is 5.97 Å². The van der Waals surface area contributed by atoms with E-state index in [1.165, 1.54) is 13.0 Å². The predicted molar refractivity (Wildman–Crippen MR) is 51.3 cm³/mol. The van der Waals surface area contributed by atoms with Crippen LogP contribution in [0.4, 0.5) is 8.78 Å². The zero-order valence-electron chi connectivity index (χ0n) is 8.57. The van der Waals surface area contributed by atoms with Gasteiger partial charge in [0.05, 0.1) is 0 Å². The lowest BCUT2D eigenvalue weighted by Crippen LogP contribution is -1.95. The van der Waals surface area contributed by atoms with Crippen molar-refractivity contribution in [2.45, 2.75) is 6.92 Å². The van der Waals surface area contributed by atoms with Crippen molar-refractivity contribution < 1.29 is 23.1 Å². The average Bonchev–Trinajstić information content (AvgIpc) is 2.73. The van der Waals surface area contributed by atoms with Gasteiger partial charge < -0.3 is 9.52 Å². The lowest BCUT2D eigenvalue weighted by molar-refractivity contribution is 0.0654. The number of rotatable bonds is 2. The monoisotopic (exact) mass is 240 g/mol. The van der Waals surface area contributed by atoms with Crippen LogP contribution in [0.25, 0.3) is 11.5 Å². The summed E-state index contributed by atoms with van der Waals surface area (Å²) >= 11 is 0. The standard InChI is InChI=1S/C10H6F2N2O3/c1-4-2-3-5(11)6(7(4)12)8-13-14-9(17-8)10(15)16/h2-3H,1H3,(H,15,16). The molecule has 1 aromatic carbocycles. The Morgan fingerprint density at radius 3 is 2.65 bits per heavy atom. The van der Waals surface area contributed by atoms with Gasteiger partial charge in [-0.3, -0.25) is 0 Å². The van der Waals surface area contributed by atoms with Gasteiger partial charge in [0.1, 0.15) is 17.2 Å². The highest BCUT2D eigenvalue weighted by molar-refractivity contribution is 5.82. The summed E-state index contributed by atoms with van der Waals surface area (Å²) in [7, 11) is 0. The zero-order chi connectivity index (χ0) is 12.6. The summed E-state index contributed by atoms with van der Waals surface area (Å²) in [6, 6.07) is 2.29. The van der Waals surface area contributed by atoms with E-state index in [4.69, 9.17) is 5.11 Å². The molecule has 0 atom stereocenters. The van der Waals surface area contributed by atoms with Crippen molar-refractivity contribution in [1.82, 2.24) is 10.2 Å². The second kappa shape index (κ2) is 3.93. The van der Waals surface area contributed by atoms with Crippen LogP contribution in [-0.4, -0.2) is 21.3 Å². The molecule has 0 saturated carbocycles. The molecule has 0 fully saturated rings. The molecule has 7 heteroatoms. The molecule has 88 valence electrons. The molecular formula is C10H6F2N2O3. The van der Waals surface area contributed by atoms with Crippen LogP contribution < -0.4 is 0 Å². The summed E-state index contributed by atoms with van der Waals surface area (Å²) < 4.78 is 31.7. The molecule has 0 amide bonds. The van der Waals surface area contributed by atoms with Gasteiger partial charge in [0, 0.05) is 0 Å².